The van der Waals surface area contributed by atoms with Gasteiger partial charge in [0.15, 0.2) is 11.6 Å². The van der Waals surface area contributed by atoms with Crippen LogP contribution in [0.5, 0.6) is 0 Å². The average Bonchev–Trinajstić information content (AvgIpc) is 2.80. The van der Waals surface area contributed by atoms with Crippen molar-refractivity contribution in [3.8, 4) is 0 Å². The Balaban J connectivity index is 1.63. The van der Waals surface area contributed by atoms with Gasteiger partial charge in [-0.15, -0.1) is 0 Å². The molecule has 3 rings (SSSR count). The maximum absolute atomic E-state index is 14.0. The summed E-state index contributed by atoms with van der Waals surface area (Å²) in [5, 5.41) is 3.99. The van der Waals surface area contributed by atoms with Gasteiger partial charge in [-0.2, -0.15) is 0 Å². The zero-order chi connectivity index (χ0) is 15.7. The second kappa shape index (κ2) is 6.34. The molecule has 0 aromatic carbocycles. The second-order valence-corrected chi connectivity index (χ2v) is 6.44. The predicted molar refractivity (Wildman–Crippen MR) is 85.4 cm³/mol. The molecule has 1 aliphatic rings. The highest BCUT2D eigenvalue weighted by molar-refractivity contribution is 9.10. The number of aromatic nitrogens is 2. The lowest BCUT2D eigenvalue weighted by Gasteiger charge is -2.35. The highest BCUT2D eigenvalue weighted by Crippen LogP contribution is 2.22. The van der Waals surface area contributed by atoms with Gasteiger partial charge in [0.25, 0.3) is 0 Å². The van der Waals surface area contributed by atoms with E-state index in [9.17, 15) is 4.39 Å². The third-order valence-corrected chi connectivity index (χ3v) is 4.46. The number of pyridine rings is 1. The van der Waals surface area contributed by atoms with E-state index in [1.807, 2.05) is 18.7 Å². The van der Waals surface area contributed by atoms with Crippen LogP contribution < -0.4 is 4.90 Å². The summed E-state index contributed by atoms with van der Waals surface area (Å²) in [6.45, 7) is 7.97. The van der Waals surface area contributed by atoms with Crippen molar-refractivity contribution in [1.29, 1.82) is 0 Å². The van der Waals surface area contributed by atoms with Gasteiger partial charge >= 0.3 is 0 Å². The Labute approximate surface area is 137 Å². The second-order valence-electron chi connectivity index (χ2n) is 5.52. The van der Waals surface area contributed by atoms with Gasteiger partial charge in [-0.05, 0) is 35.8 Å². The van der Waals surface area contributed by atoms with E-state index < -0.39 is 0 Å². The normalized spacial score (nSPS) is 16.3. The maximum atomic E-state index is 14.0. The van der Waals surface area contributed by atoms with E-state index in [-0.39, 0.29) is 5.82 Å². The van der Waals surface area contributed by atoms with Crippen molar-refractivity contribution in [2.24, 2.45) is 0 Å². The van der Waals surface area contributed by atoms with Crippen LogP contribution in [0, 0.1) is 19.7 Å². The van der Waals surface area contributed by atoms with E-state index >= 15 is 0 Å². The fraction of sp³-hybridized carbons (Fsp3) is 0.467. The van der Waals surface area contributed by atoms with Crippen LogP contribution in [0.3, 0.4) is 0 Å². The van der Waals surface area contributed by atoms with Crippen LogP contribution in [0.15, 0.2) is 21.3 Å². The van der Waals surface area contributed by atoms with Crippen molar-refractivity contribution in [1.82, 2.24) is 15.0 Å². The van der Waals surface area contributed by atoms with Gasteiger partial charge in [0.2, 0.25) is 0 Å². The molecular formula is C15H18BrFN4O. The molecule has 2 aromatic rings. The molecule has 1 saturated heterocycles. The monoisotopic (exact) mass is 368 g/mol. The summed E-state index contributed by atoms with van der Waals surface area (Å²) in [6, 6.07) is 1.46. The van der Waals surface area contributed by atoms with Crippen molar-refractivity contribution in [3.63, 3.8) is 0 Å². The standard InChI is InChI=1S/C15H18BrFN4O/c1-10-13(11(2)22-19-10)9-20-3-5-21(6-4-20)15-14(17)7-12(16)8-18-15/h7-8H,3-6,9H2,1-2H3. The van der Waals surface area contributed by atoms with Crippen LogP contribution in [0.25, 0.3) is 0 Å². The van der Waals surface area contributed by atoms with E-state index in [2.05, 4.69) is 31.0 Å². The van der Waals surface area contributed by atoms with Crippen LogP contribution in [0.4, 0.5) is 10.2 Å². The number of aryl methyl sites for hydroxylation is 2. The Morgan fingerprint density at radius 3 is 2.59 bits per heavy atom. The summed E-state index contributed by atoms with van der Waals surface area (Å²) in [4.78, 5) is 8.52. The summed E-state index contributed by atoms with van der Waals surface area (Å²) in [5.41, 5.74) is 2.10. The van der Waals surface area contributed by atoms with Crippen LogP contribution in [0.1, 0.15) is 17.0 Å². The van der Waals surface area contributed by atoms with Crippen molar-refractivity contribution >= 4 is 21.7 Å². The molecule has 0 atom stereocenters. The lowest BCUT2D eigenvalue weighted by atomic mass is 10.2. The SMILES string of the molecule is Cc1noc(C)c1CN1CCN(c2ncc(Br)cc2F)CC1. The fourth-order valence-electron chi connectivity index (χ4n) is 2.71. The zero-order valence-corrected chi connectivity index (χ0v) is 14.2. The number of hydrogen-bond acceptors (Lipinski definition) is 5. The van der Waals surface area contributed by atoms with Gasteiger partial charge in [0, 0.05) is 49.0 Å². The molecule has 0 saturated carbocycles. The fourth-order valence-corrected chi connectivity index (χ4v) is 3.01. The van der Waals surface area contributed by atoms with Gasteiger partial charge in [-0.1, -0.05) is 5.16 Å². The van der Waals surface area contributed by atoms with Crippen LogP contribution in [-0.4, -0.2) is 41.2 Å². The highest BCUT2D eigenvalue weighted by atomic mass is 79.9. The summed E-state index contributed by atoms with van der Waals surface area (Å²) in [5.74, 6) is 1.02. The van der Waals surface area contributed by atoms with E-state index in [1.54, 1.807) is 6.20 Å². The first-order chi connectivity index (χ1) is 10.5. The number of piperazine rings is 1. The summed E-state index contributed by atoms with van der Waals surface area (Å²) in [6.07, 6.45) is 1.63. The number of rotatable bonds is 3. The van der Waals surface area contributed by atoms with Gasteiger partial charge in [-0.25, -0.2) is 9.37 Å². The lowest BCUT2D eigenvalue weighted by Crippen LogP contribution is -2.46. The number of hydrogen-bond donors (Lipinski definition) is 0. The van der Waals surface area contributed by atoms with Gasteiger partial charge in [0.05, 0.1) is 5.69 Å². The minimum atomic E-state index is -0.284. The molecule has 0 N–H and O–H groups in total. The zero-order valence-electron chi connectivity index (χ0n) is 12.6. The molecule has 0 radical (unpaired) electrons. The first kappa shape index (κ1) is 15.4. The van der Waals surface area contributed by atoms with Crippen molar-refractivity contribution in [3.05, 3.63) is 39.6 Å². The highest BCUT2D eigenvalue weighted by Gasteiger charge is 2.22. The number of halogens is 2. The Kier molecular flexibility index (Phi) is 4.44. The summed E-state index contributed by atoms with van der Waals surface area (Å²) < 4.78 is 19.8. The molecule has 1 fully saturated rings. The number of nitrogens with zero attached hydrogens (tertiary/aromatic N) is 4. The van der Waals surface area contributed by atoms with Crippen molar-refractivity contribution < 1.29 is 8.91 Å². The van der Waals surface area contributed by atoms with Gasteiger partial charge < -0.3 is 9.42 Å². The van der Waals surface area contributed by atoms with Crippen molar-refractivity contribution in [2.45, 2.75) is 20.4 Å². The first-order valence-electron chi connectivity index (χ1n) is 7.24. The molecule has 118 valence electrons. The molecule has 7 heteroatoms. The summed E-state index contributed by atoms with van der Waals surface area (Å²) in [7, 11) is 0. The molecule has 5 nitrogen and oxygen atoms in total. The minimum Gasteiger partial charge on any atom is -0.361 e. The van der Waals surface area contributed by atoms with Gasteiger partial charge in [0.1, 0.15) is 5.76 Å². The lowest BCUT2D eigenvalue weighted by molar-refractivity contribution is 0.246. The summed E-state index contributed by atoms with van der Waals surface area (Å²) >= 11 is 3.23. The molecule has 22 heavy (non-hydrogen) atoms. The van der Waals surface area contributed by atoms with E-state index in [4.69, 9.17) is 4.52 Å². The first-order valence-corrected chi connectivity index (χ1v) is 8.04. The maximum Gasteiger partial charge on any atom is 0.166 e. The Hall–Kier alpha value is -1.47. The average molecular weight is 369 g/mol. The van der Waals surface area contributed by atoms with Crippen LogP contribution in [-0.2, 0) is 6.54 Å². The smallest absolute Gasteiger partial charge is 0.166 e. The Morgan fingerprint density at radius 1 is 1.27 bits per heavy atom. The molecule has 1 aliphatic heterocycles. The quantitative estimate of drug-likeness (QED) is 0.833. The molecule has 2 aromatic heterocycles. The van der Waals surface area contributed by atoms with Crippen LogP contribution >= 0.6 is 15.9 Å². The van der Waals surface area contributed by atoms with Crippen molar-refractivity contribution in [2.75, 3.05) is 31.1 Å². The van der Waals surface area contributed by atoms with E-state index in [0.29, 0.717) is 10.3 Å². The third-order valence-electron chi connectivity index (χ3n) is 4.02. The van der Waals surface area contributed by atoms with E-state index in [0.717, 1.165) is 49.7 Å². The molecule has 0 bridgehead atoms. The molecular weight excluding hydrogens is 351 g/mol. The largest absolute Gasteiger partial charge is 0.361 e. The Bertz CT molecular complexity index is 648. The molecule has 0 aliphatic carbocycles. The van der Waals surface area contributed by atoms with E-state index in [1.165, 1.54) is 6.07 Å². The van der Waals surface area contributed by atoms with Gasteiger partial charge in [-0.3, -0.25) is 4.90 Å². The topological polar surface area (TPSA) is 45.4 Å². The molecule has 0 amide bonds. The minimum absolute atomic E-state index is 0.284. The van der Waals surface area contributed by atoms with Crippen LogP contribution in [0.2, 0.25) is 0 Å². The molecule has 0 unspecified atom stereocenters. The Morgan fingerprint density at radius 2 is 2.00 bits per heavy atom. The molecule has 0 spiro atoms. The molecule has 3 heterocycles. The predicted octanol–water partition coefficient (Wildman–Crippen LogP) is 2.91. The number of anilines is 1. The third kappa shape index (κ3) is 3.15.